The van der Waals surface area contributed by atoms with E-state index in [0.717, 1.165) is 41.7 Å². The molecule has 4 rings (SSSR count). The van der Waals surface area contributed by atoms with Crippen LogP contribution in [0.15, 0.2) is 66.5 Å². The zero-order valence-corrected chi connectivity index (χ0v) is 16.6. The third-order valence-corrected chi connectivity index (χ3v) is 5.04. The number of nitrogens with one attached hydrogen (secondary N) is 2. The number of hydrogen-bond donors (Lipinski definition) is 2. The van der Waals surface area contributed by atoms with E-state index in [0.29, 0.717) is 5.57 Å². The highest BCUT2D eigenvalue weighted by atomic mass is 16.2. The van der Waals surface area contributed by atoms with Crippen LogP contribution >= 0.6 is 0 Å². The number of carbonyl (C=O) groups is 2. The van der Waals surface area contributed by atoms with Crippen LogP contribution in [0.1, 0.15) is 12.0 Å². The van der Waals surface area contributed by atoms with E-state index in [1.807, 2.05) is 60.8 Å². The molecule has 0 saturated heterocycles. The molecule has 1 aliphatic heterocycles. The average Bonchev–Trinajstić information content (AvgIpc) is 3.19. The van der Waals surface area contributed by atoms with Crippen LogP contribution in [-0.4, -0.2) is 41.9 Å². The van der Waals surface area contributed by atoms with Gasteiger partial charge in [-0.25, -0.2) is 0 Å². The summed E-state index contributed by atoms with van der Waals surface area (Å²) in [5.74, 6) is -0.775. The SMILES string of the molecule is CN(C)CCCn1cc(C2=C(Nc3ccccc3)C(=O)NC2=O)c2ccccc21. The van der Waals surface area contributed by atoms with Crippen molar-refractivity contribution in [2.75, 3.05) is 26.0 Å². The van der Waals surface area contributed by atoms with E-state index >= 15 is 0 Å². The third kappa shape index (κ3) is 3.79. The van der Waals surface area contributed by atoms with Crippen molar-refractivity contribution in [3.05, 3.63) is 72.1 Å². The maximum Gasteiger partial charge on any atom is 0.275 e. The predicted molar refractivity (Wildman–Crippen MR) is 115 cm³/mol. The van der Waals surface area contributed by atoms with Crippen LogP contribution in [0.5, 0.6) is 0 Å². The number of aromatic nitrogens is 1. The summed E-state index contributed by atoms with van der Waals surface area (Å²) in [7, 11) is 4.11. The van der Waals surface area contributed by atoms with Crippen molar-refractivity contribution in [1.82, 2.24) is 14.8 Å². The van der Waals surface area contributed by atoms with E-state index in [4.69, 9.17) is 0 Å². The first-order valence-corrected chi connectivity index (χ1v) is 9.69. The minimum atomic E-state index is -0.404. The molecular weight excluding hydrogens is 364 g/mol. The molecule has 0 aliphatic carbocycles. The van der Waals surface area contributed by atoms with Gasteiger partial charge in [-0.3, -0.25) is 14.9 Å². The second-order valence-electron chi connectivity index (χ2n) is 7.43. The van der Waals surface area contributed by atoms with Gasteiger partial charge in [0.15, 0.2) is 0 Å². The summed E-state index contributed by atoms with van der Waals surface area (Å²) in [6.45, 7) is 1.81. The summed E-state index contributed by atoms with van der Waals surface area (Å²) in [6.07, 6.45) is 2.98. The van der Waals surface area contributed by atoms with Gasteiger partial charge in [0.25, 0.3) is 11.8 Å². The van der Waals surface area contributed by atoms with E-state index in [-0.39, 0.29) is 11.6 Å². The number of rotatable bonds is 7. The Labute approximate surface area is 169 Å². The summed E-state index contributed by atoms with van der Waals surface area (Å²) >= 11 is 0. The van der Waals surface area contributed by atoms with E-state index in [1.165, 1.54) is 0 Å². The summed E-state index contributed by atoms with van der Waals surface area (Å²) in [4.78, 5) is 27.3. The Morgan fingerprint density at radius 1 is 0.966 bits per heavy atom. The lowest BCUT2D eigenvalue weighted by atomic mass is 10.0. The Morgan fingerprint density at radius 3 is 2.45 bits per heavy atom. The van der Waals surface area contributed by atoms with Crippen molar-refractivity contribution in [2.24, 2.45) is 0 Å². The van der Waals surface area contributed by atoms with Crippen molar-refractivity contribution in [3.8, 4) is 0 Å². The van der Waals surface area contributed by atoms with Crippen LogP contribution in [0.2, 0.25) is 0 Å². The number of fused-ring (bicyclic) bond motifs is 1. The molecular formula is C23H24N4O2. The molecule has 0 spiro atoms. The number of hydrogen-bond acceptors (Lipinski definition) is 4. The monoisotopic (exact) mass is 388 g/mol. The largest absolute Gasteiger partial charge is 0.350 e. The number of anilines is 1. The van der Waals surface area contributed by atoms with Crippen LogP contribution in [0.3, 0.4) is 0 Å². The maximum absolute atomic E-state index is 12.7. The average molecular weight is 388 g/mol. The maximum atomic E-state index is 12.7. The number of aryl methyl sites for hydroxylation is 1. The van der Waals surface area contributed by atoms with Crippen LogP contribution in [0.4, 0.5) is 5.69 Å². The van der Waals surface area contributed by atoms with E-state index < -0.39 is 5.91 Å². The summed E-state index contributed by atoms with van der Waals surface area (Å²) in [5.41, 5.74) is 3.27. The molecule has 0 atom stereocenters. The van der Waals surface area contributed by atoms with Gasteiger partial charge in [-0.05, 0) is 45.3 Å². The Hall–Kier alpha value is -3.38. The van der Waals surface area contributed by atoms with Gasteiger partial charge in [-0.15, -0.1) is 0 Å². The second kappa shape index (κ2) is 7.93. The van der Waals surface area contributed by atoms with Gasteiger partial charge in [-0.1, -0.05) is 36.4 Å². The lowest BCUT2D eigenvalue weighted by molar-refractivity contribution is -0.123. The third-order valence-electron chi connectivity index (χ3n) is 5.04. The van der Waals surface area contributed by atoms with E-state index in [1.54, 1.807) is 0 Å². The van der Waals surface area contributed by atoms with Crippen molar-refractivity contribution in [2.45, 2.75) is 13.0 Å². The second-order valence-corrected chi connectivity index (χ2v) is 7.43. The topological polar surface area (TPSA) is 66.4 Å². The molecule has 6 heteroatoms. The fourth-order valence-electron chi connectivity index (χ4n) is 3.69. The molecule has 1 aromatic heterocycles. The number of benzene rings is 2. The van der Waals surface area contributed by atoms with Gasteiger partial charge < -0.3 is 14.8 Å². The van der Waals surface area contributed by atoms with Crippen LogP contribution < -0.4 is 10.6 Å². The van der Waals surface area contributed by atoms with Crippen molar-refractivity contribution in [1.29, 1.82) is 0 Å². The first kappa shape index (κ1) is 19.0. The van der Waals surface area contributed by atoms with Gasteiger partial charge in [0.05, 0.1) is 5.57 Å². The molecule has 1 aliphatic rings. The normalized spacial score (nSPS) is 14.2. The van der Waals surface area contributed by atoms with Crippen LogP contribution in [0.25, 0.3) is 16.5 Å². The highest BCUT2D eigenvalue weighted by Gasteiger charge is 2.33. The van der Waals surface area contributed by atoms with E-state index in [2.05, 4.69) is 34.2 Å². The number of imide groups is 1. The molecule has 29 heavy (non-hydrogen) atoms. The van der Waals surface area contributed by atoms with Gasteiger partial charge in [0.1, 0.15) is 5.70 Å². The zero-order valence-electron chi connectivity index (χ0n) is 16.6. The summed E-state index contributed by atoms with van der Waals surface area (Å²) in [6, 6.07) is 17.4. The zero-order chi connectivity index (χ0) is 20.4. The first-order valence-electron chi connectivity index (χ1n) is 9.69. The Balaban J connectivity index is 1.79. The van der Waals surface area contributed by atoms with Gasteiger partial charge in [-0.2, -0.15) is 0 Å². The van der Waals surface area contributed by atoms with Crippen LogP contribution in [0, 0.1) is 0 Å². The van der Waals surface area contributed by atoms with Crippen molar-refractivity contribution < 1.29 is 9.59 Å². The van der Waals surface area contributed by atoms with Crippen molar-refractivity contribution in [3.63, 3.8) is 0 Å². The van der Waals surface area contributed by atoms with Gasteiger partial charge in [0.2, 0.25) is 0 Å². The van der Waals surface area contributed by atoms with Gasteiger partial charge >= 0.3 is 0 Å². The standard InChI is InChI=1S/C23H24N4O2/c1-26(2)13-8-14-27-15-18(17-11-6-7-12-19(17)27)20-21(23(29)25-22(20)28)24-16-9-4-3-5-10-16/h3-7,9-12,15H,8,13-14H2,1-2H3,(H2,24,25,28,29). The highest BCUT2D eigenvalue weighted by Crippen LogP contribution is 2.32. The molecule has 2 N–H and O–H groups in total. The number of para-hydroxylation sites is 2. The van der Waals surface area contributed by atoms with E-state index in [9.17, 15) is 9.59 Å². The molecule has 2 heterocycles. The number of nitrogens with zero attached hydrogens (tertiary/aromatic N) is 2. The van der Waals surface area contributed by atoms with Crippen LogP contribution in [-0.2, 0) is 16.1 Å². The first-order chi connectivity index (χ1) is 14.0. The molecule has 0 radical (unpaired) electrons. The van der Waals surface area contributed by atoms with Gasteiger partial charge in [0, 0.05) is 34.9 Å². The molecule has 0 bridgehead atoms. The Kier molecular flexibility index (Phi) is 5.18. The summed E-state index contributed by atoms with van der Waals surface area (Å²) < 4.78 is 2.16. The fourth-order valence-corrected chi connectivity index (χ4v) is 3.69. The van der Waals surface area contributed by atoms with Crippen molar-refractivity contribution >= 4 is 34.0 Å². The molecule has 148 valence electrons. The smallest absolute Gasteiger partial charge is 0.275 e. The Morgan fingerprint density at radius 2 is 1.69 bits per heavy atom. The minimum Gasteiger partial charge on any atom is -0.350 e. The quantitative estimate of drug-likeness (QED) is 0.611. The Bertz CT molecular complexity index is 1100. The molecule has 0 saturated carbocycles. The molecule has 3 aromatic rings. The molecule has 0 unspecified atom stereocenters. The summed E-state index contributed by atoms with van der Waals surface area (Å²) in [5, 5.41) is 6.53. The molecule has 6 nitrogen and oxygen atoms in total. The molecule has 2 aromatic carbocycles. The molecule has 2 amide bonds. The lowest BCUT2D eigenvalue weighted by Crippen LogP contribution is -2.24. The number of carbonyl (C=O) groups excluding carboxylic acids is 2. The minimum absolute atomic E-state index is 0.289. The molecule has 0 fully saturated rings. The fraction of sp³-hybridized carbons (Fsp3) is 0.217. The number of amides is 2. The highest BCUT2D eigenvalue weighted by molar-refractivity contribution is 6.38. The lowest BCUT2D eigenvalue weighted by Gasteiger charge is -2.10. The predicted octanol–water partition coefficient (Wildman–Crippen LogP) is 3.07.